The Hall–Kier alpha value is -3.83. The number of nitro groups is 1. The molecule has 2 fully saturated rings. The summed E-state index contributed by atoms with van der Waals surface area (Å²) in [5.74, 6) is -3.02. The molecule has 0 bridgehead atoms. The van der Waals surface area contributed by atoms with E-state index in [2.05, 4.69) is 4.90 Å². The first-order valence-corrected chi connectivity index (χ1v) is 11.5. The highest BCUT2D eigenvalue weighted by Crippen LogP contribution is 2.40. The van der Waals surface area contributed by atoms with Crippen LogP contribution in [0.1, 0.15) is 23.6 Å². The van der Waals surface area contributed by atoms with Crippen LogP contribution in [-0.2, 0) is 14.3 Å². The molecule has 2 aliphatic rings. The molecule has 0 unspecified atom stereocenters. The molecule has 2 aromatic rings. The number of aliphatic hydroxyl groups excluding tert-OH is 1. The molecule has 10 nitrogen and oxygen atoms in total. The van der Waals surface area contributed by atoms with Crippen LogP contribution in [0, 0.1) is 15.9 Å². The molecule has 0 aliphatic carbocycles. The molecule has 0 spiro atoms. The molecule has 0 saturated carbocycles. The van der Waals surface area contributed by atoms with Crippen LogP contribution in [-0.4, -0.2) is 78.0 Å². The Kier molecular flexibility index (Phi) is 7.61. The molecule has 2 aliphatic heterocycles. The van der Waals surface area contributed by atoms with Gasteiger partial charge in [0.25, 0.3) is 17.4 Å². The Morgan fingerprint density at radius 3 is 2.47 bits per heavy atom. The van der Waals surface area contributed by atoms with Gasteiger partial charge in [0.05, 0.1) is 36.9 Å². The molecule has 2 saturated heterocycles. The fourth-order valence-corrected chi connectivity index (χ4v) is 4.49. The van der Waals surface area contributed by atoms with Crippen LogP contribution < -0.4 is 4.74 Å². The molecular weight excluding hydrogens is 473 g/mol. The number of methoxy groups -OCH3 is 1. The Bertz CT molecular complexity index is 1190. The average Bonchev–Trinajstić information content (AvgIpc) is 3.14. The number of hydrogen-bond acceptors (Lipinski definition) is 8. The van der Waals surface area contributed by atoms with Crippen LogP contribution in [0.3, 0.4) is 0 Å². The van der Waals surface area contributed by atoms with Gasteiger partial charge in [-0.25, -0.2) is 4.39 Å². The van der Waals surface area contributed by atoms with E-state index in [-0.39, 0.29) is 29.1 Å². The van der Waals surface area contributed by atoms with Gasteiger partial charge in [-0.15, -0.1) is 0 Å². The van der Waals surface area contributed by atoms with Crippen molar-refractivity contribution in [2.24, 2.45) is 0 Å². The van der Waals surface area contributed by atoms with Gasteiger partial charge in [0.2, 0.25) is 0 Å². The lowest BCUT2D eigenvalue weighted by atomic mass is 9.95. The third-order valence-electron chi connectivity index (χ3n) is 6.36. The Labute approximate surface area is 206 Å². The molecule has 36 heavy (non-hydrogen) atoms. The third kappa shape index (κ3) is 5.07. The smallest absolute Gasteiger partial charge is 0.295 e. The highest BCUT2D eigenvalue weighted by molar-refractivity contribution is 6.46. The van der Waals surface area contributed by atoms with Crippen molar-refractivity contribution in [3.63, 3.8) is 0 Å². The number of nitrogens with zero attached hydrogens (tertiary/aromatic N) is 3. The number of carbonyl (C=O) groups is 2. The highest BCUT2D eigenvalue weighted by atomic mass is 19.1. The molecule has 190 valence electrons. The van der Waals surface area contributed by atoms with Gasteiger partial charge in [0.1, 0.15) is 5.76 Å². The summed E-state index contributed by atoms with van der Waals surface area (Å²) in [6.07, 6.45) is 0.563. The number of non-ortho nitro benzene ring substituents is 1. The predicted octanol–water partition coefficient (Wildman–Crippen LogP) is 2.89. The normalized spacial score (nSPS) is 20.1. The van der Waals surface area contributed by atoms with Gasteiger partial charge in [0, 0.05) is 43.9 Å². The third-order valence-corrected chi connectivity index (χ3v) is 6.36. The number of morpholine rings is 1. The lowest BCUT2D eigenvalue weighted by Crippen LogP contribution is -2.38. The van der Waals surface area contributed by atoms with E-state index in [0.29, 0.717) is 31.7 Å². The number of ketones is 1. The van der Waals surface area contributed by atoms with Gasteiger partial charge in [0.15, 0.2) is 11.6 Å². The number of hydrogen-bond donors (Lipinski definition) is 1. The van der Waals surface area contributed by atoms with E-state index < -0.39 is 34.2 Å². The number of aliphatic hydroxyl groups is 1. The van der Waals surface area contributed by atoms with Crippen molar-refractivity contribution in [3.8, 4) is 5.75 Å². The van der Waals surface area contributed by atoms with E-state index in [9.17, 15) is 29.2 Å². The summed E-state index contributed by atoms with van der Waals surface area (Å²) >= 11 is 0. The number of nitro benzene ring substituents is 1. The van der Waals surface area contributed by atoms with E-state index in [1.807, 2.05) is 0 Å². The zero-order valence-corrected chi connectivity index (χ0v) is 19.7. The van der Waals surface area contributed by atoms with Crippen LogP contribution >= 0.6 is 0 Å². The Morgan fingerprint density at radius 1 is 1.17 bits per heavy atom. The largest absolute Gasteiger partial charge is 0.507 e. The first-order valence-electron chi connectivity index (χ1n) is 11.5. The summed E-state index contributed by atoms with van der Waals surface area (Å²) in [6.45, 7) is 3.71. The zero-order chi connectivity index (χ0) is 25.8. The highest BCUT2D eigenvalue weighted by Gasteiger charge is 2.46. The molecule has 0 aromatic heterocycles. The quantitative estimate of drug-likeness (QED) is 0.193. The molecule has 1 atom stereocenters. The summed E-state index contributed by atoms with van der Waals surface area (Å²) in [4.78, 5) is 40.3. The number of rotatable bonds is 8. The second kappa shape index (κ2) is 10.8. The number of amides is 1. The van der Waals surface area contributed by atoms with Crippen molar-refractivity contribution in [1.29, 1.82) is 0 Å². The lowest BCUT2D eigenvalue weighted by molar-refractivity contribution is -0.384. The molecule has 1 N–H and O–H groups in total. The van der Waals surface area contributed by atoms with Gasteiger partial charge in [-0.2, -0.15) is 0 Å². The summed E-state index contributed by atoms with van der Waals surface area (Å²) in [5, 5.41) is 22.2. The van der Waals surface area contributed by atoms with E-state index in [4.69, 9.17) is 9.47 Å². The van der Waals surface area contributed by atoms with E-state index in [1.54, 1.807) is 0 Å². The summed E-state index contributed by atoms with van der Waals surface area (Å²) in [6, 6.07) is 8.18. The number of carbonyl (C=O) groups excluding carboxylic acids is 2. The monoisotopic (exact) mass is 499 g/mol. The van der Waals surface area contributed by atoms with Crippen molar-refractivity contribution in [3.05, 3.63) is 75.1 Å². The van der Waals surface area contributed by atoms with Gasteiger partial charge in [-0.3, -0.25) is 24.6 Å². The number of benzene rings is 2. The summed E-state index contributed by atoms with van der Waals surface area (Å²) in [7, 11) is 1.30. The Morgan fingerprint density at radius 2 is 1.86 bits per heavy atom. The maximum absolute atomic E-state index is 14.3. The van der Waals surface area contributed by atoms with Crippen LogP contribution in [0.2, 0.25) is 0 Å². The van der Waals surface area contributed by atoms with E-state index >= 15 is 0 Å². The van der Waals surface area contributed by atoms with E-state index in [1.165, 1.54) is 48.4 Å². The van der Waals surface area contributed by atoms with Crippen molar-refractivity contribution in [2.45, 2.75) is 12.5 Å². The molecule has 2 heterocycles. The molecule has 4 rings (SSSR count). The lowest BCUT2D eigenvalue weighted by Gasteiger charge is -2.29. The first-order chi connectivity index (χ1) is 17.3. The summed E-state index contributed by atoms with van der Waals surface area (Å²) in [5.41, 5.74) is 0.0678. The van der Waals surface area contributed by atoms with Crippen LogP contribution in [0.15, 0.2) is 48.0 Å². The number of likely N-dealkylation sites (tertiary alicyclic amines) is 1. The molecule has 11 heteroatoms. The van der Waals surface area contributed by atoms with Gasteiger partial charge in [-0.1, -0.05) is 0 Å². The minimum Gasteiger partial charge on any atom is -0.507 e. The molecule has 2 aromatic carbocycles. The predicted molar refractivity (Wildman–Crippen MR) is 127 cm³/mol. The maximum atomic E-state index is 14.3. The fraction of sp³-hybridized carbons (Fsp3) is 0.360. The minimum atomic E-state index is -0.986. The van der Waals surface area contributed by atoms with Gasteiger partial charge < -0.3 is 19.5 Å². The van der Waals surface area contributed by atoms with Crippen LogP contribution in [0.4, 0.5) is 10.1 Å². The van der Waals surface area contributed by atoms with Gasteiger partial charge in [-0.05, 0) is 42.3 Å². The number of ether oxygens (including phenoxy) is 2. The molecule has 0 radical (unpaired) electrons. The molecular formula is C25H26FN3O7. The van der Waals surface area contributed by atoms with Crippen LogP contribution in [0.25, 0.3) is 5.76 Å². The average molecular weight is 499 g/mol. The summed E-state index contributed by atoms with van der Waals surface area (Å²) < 4.78 is 24.6. The zero-order valence-electron chi connectivity index (χ0n) is 19.7. The van der Waals surface area contributed by atoms with Crippen molar-refractivity contribution in [2.75, 3.05) is 46.5 Å². The maximum Gasteiger partial charge on any atom is 0.295 e. The number of Topliss-reactive ketones (excluding diaryl/α,β-unsaturated/α-hetero) is 1. The number of halogens is 1. The van der Waals surface area contributed by atoms with E-state index in [0.717, 1.165) is 19.2 Å². The molecule has 1 amide bonds. The van der Waals surface area contributed by atoms with Crippen LogP contribution in [0.5, 0.6) is 5.75 Å². The van der Waals surface area contributed by atoms with Crippen molar-refractivity contribution >= 4 is 23.1 Å². The second-order valence-corrected chi connectivity index (χ2v) is 8.50. The SMILES string of the molecule is COc1ccc(C(O)=C2C(=O)C(=O)N(CCCN3CCOCC3)[C@@H]2c2ccc([N+](=O)[O-])cc2)cc1F. The van der Waals surface area contributed by atoms with Gasteiger partial charge >= 0.3 is 0 Å². The Balaban J connectivity index is 1.70. The second-order valence-electron chi connectivity index (χ2n) is 8.50. The fourth-order valence-electron chi connectivity index (χ4n) is 4.49. The minimum absolute atomic E-state index is 0.00604. The van der Waals surface area contributed by atoms with Crippen molar-refractivity contribution in [1.82, 2.24) is 9.80 Å². The van der Waals surface area contributed by atoms with Crippen molar-refractivity contribution < 1.29 is 33.5 Å². The standard InChI is InChI=1S/C25H26FN3O7/c1-35-20-8-5-17(15-19(20)26)23(30)21-22(16-3-6-18(7-4-16)29(33)34)28(25(32)24(21)31)10-2-9-27-11-13-36-14-12-27/h3-8,15,22,30H,2,9-14H2,1H3/t22-/m1/s1. The first kappa shape index (κ1) is 25.3. The topological polar surface area (TPSA) is 122 Å².